The smallest absolute Gasteiger partial charge is 0.198 e. The minimum atomic E-state index is -2.85. The van der Waals surface area contributed by atoms with Crippen molar-refractivity contribution in [3.8, 4) is 0 Å². The molecular formula is C14H24N4O3S2. The Morgan fingerprint density at radius 2 is 2.22 bits per heavy atom. The maximum absolute atomic E-state index is 11.6. The van der Waals surface area contributed by atoms with Gasteiger partial charge in [-0.25, -0.2) is 13.1 Å². The summed E-state index contributed by atoms with van der Waals surface area (Å²) >= 11 is 5.49. The van der Waals surface area contributed by atoms with Gasteiger partial charge in [0.2, 0.25) is 0 Å². The summed E-state index contributed by atoms with van der Waals surface area (Å²) in [7, 11) is -0.943. The molecule has 0 amide bonds. The van der Waals surface area contributed by atoms with Crippen molar-refractivity contribution in [1.82, 2.24) is 19.2 Å². The van der Waals surface area contributed by atoms with Crippen LogP contribution in [0.4, 0.5) is 0 Å². The van der Waals surface area contributed by atoms with Crippen LogP contribution >= 0.6 is 12.2 Å². The average Bonchev–Trinajstić information content (AvgIpc) is 2.94. The Kier molecular flexibility index (Phi) is 4.91. The van der Waals surface area contributed by atoms with E-state index in [2.05, 4.69) is 16.9 Å². The van der Waals surface area contributed by atoms with Gasteiger partial charge in [-0.15, -0.1) is 0 Å². The predicted octanol–water partition coefficient (Wildman–Crippen LogP) is 0.606. The molecule has 3 heterocycles. The molecule has 2 fully saturated rings. The Balaban J connectivity index is 1.70. The van der Waals surface area contributed by atoms with E-state index >= 15 is 0 Å². The van der Waals surface area contributed by atoms with Gasteiger partial charge >= 0.3 is 0 Å². The van der Waals surface area contributed by atoms with E-state index in [0.717, 1.165) is 31.9 Å². The summed E-state index contributed by atoms with van der Waals surface area (Å²) in [5.74, 6) is 1.60. The normalized spacial score (nSPS) is 28.3. The lowest BCUT2D eigenvalue weighted by molar-refractivity contribution is -0.0307. The second-order valence-corrected chi connectivity index (χ2v) is 9.22. The van der Waals surface area contributed by atoms with Gasteiger partial charge in [-0.05, 0) is 31.5 Å². The van der Waals surface area contributed by atoms with Gasteiger partial charge in [0.05, 0.1) is 30.9 Å². The van der Waals surface area contributed by atoms with Crippen LogP contribution in [0.3, 0.4) is 0 Å². The van der Waals surface area contributed by atoms with Crippen LogP contribution in [0, 0.1) is 10.7 Å². The highest BCUT2D eigenvalue weighted by Gasteiger charge is 2.29. The molecule has 0 saturated carbocycles. The topological polar surface area (TPSA) is 69.4 Å². The third-order valence-electron chi connectivity index (χ3n) is 4.59. The number of hydrogen-bond acceptors (Lipinski definition) is 6. The molecule has 9 heteroatoms. The highest BCUT2D eigenvalue weighted by atomic mass is 32.2. The standard InChI is InChI=1S/C14H24N4O3S2/c1-11-8-17(4-5-21-11)10-18-14(22)16(2)13(15-18)7-12-3-6-23(19,20)9-12/h11-12H,3-10H2,1-2H3/t11-,12+/m1/s1. The molecule has 2 saturated heterocycles. The van der Waals surface area contributed by atoms with Crippen LogP contribution in [0.1, 0.15) is 19.2 Å². The van der Waals surface area contributed by atoms with Crippen molar-refractivity contribution in [2.24, 2.45) is 13.0 Å². The molecule has 1 aromatic heterocycles. The SMILES string of the molecule is C[C@@H]1CN(Cn2nc(C[C@@H]3CCS(=O)(=O)C3)n(C)c2=S)CCO1. The Morgan fingerprint density at radius 3 is 2.87 bits per heavy atom. The molecule has 0 N–H and O–H groups in total. The fourth-order valence-electron chi connectivity index (χ4n) is 3.30. The summed E-state index contributed by atoms with van der Waals surface area (Å²) in [4.78, 5) is 2.28. The number of sulfone groups is 1. The van der Waals surface area contributed by atoms with Gasteiger partial charge in [-0.2, -0.15) is 5.10 Å². The van der Waals surface area contributed by atoms with E-state index in [9.17, 15) is 8.42 Å². The highest BCUT2D eigenvalue weighted by Crippen LogP contribution is 2.22. The molecular weight excluding hydrogens is 336 g/mol. The molecule has 0 radical (unpaired) electrons. The van der Waals surface area contributed by atoms with E-state index in [1.54, 1.807) is 0 Å². The zero-order valence-electron chi connectivity index (χ0n) is 13.6. The van der Waals surface area contributed by atoms with E-state index in [0.29, 0.717) is 23.6 Å². The van der Waals surface area contributed by atoms with Crippen molar-refractivity contribution < 1.29 is 13.2 Å². The molecule has 0 spiro atoms. The summed E-state index contributed by atoms with van der Waals surface area (Å²) < 4.78 is 33.2. The van der Waals surface area contributed by atoms with E-state index in [4.69, 9.17) is 17.0 Å². The first-order chi connectivity index (χ1) is 10.8. The first kappa shape index (κ1) is 17.1. The second kappa shape index (κ2) is 6.62. The van der Waals surface area contributed by atoms with Gasteiger partial charge in [-0.1, -0.05) is 0 Å². The van der Waals surface area contributed by atoms with Gasteiger partial charge < -0.3 is 9.30 Å². The van der Waals surface area contributed by atoms with Crippen molar-refractivity contribution in [2.45, 2.75) is 32.5 Å². The van der Waals surface area contributed by atoms with Crippen molar-refractivity contribution in [1.29, 1.82) is 0 Å². The van der Waals surface area contributed by atoms with Crippen LogP contribution < -0.4 is 0 Å². The molecule has 130 valence electrons. The molecule has 0 bridgehead atoms. The summed E-state index contributed by atoms with van der Waals surface area (Å²) in [6.07, 6.45) is 1.62. The fourth-order valence-corrected chi connectivity index (χ4v) is 5.37. The van der Waals surface area contributed by atoms with Crippen molar-refractivity contribution in [2.75, 3.05) is 31.2 Å². The van der Waals surface area contributed by atoms with Crippen LogP contribution in [-0.2, 0) is 34.7 Å². The predicted molar refractivity (Wildman–Crippen MR) is 89.5 cm³/mol. The summed E-state index contributed by atoms with van der Waals surface area (Å²) in [6.45, 7) is 5.20. The average molecular weight is 361 g/mol. The molecule has 2 aliphatic rings. The quantitative estimate of drug-likeness (QED) is 0.733. The van der Waals surface area contributed by atoms with Gasteiger partial charge in [0.15, 0.2) is 14.6 Å². The van der Waals surface area contributed by atoms with Gasteiger partial charge in [0, 0.05) is 26.6 Å². The number of morpholine rings is 1. The van der Waals surface area contributed by atoms with Gasteiger partial charge in [0.25, 0.3) is 0 Å². The zero-order chi connectivity index (χ0) is 16.6. The molecule has 3 rings (SSSR count). The lowest BCUT2D eigenvalue weighted by Crippen LogP contribution is -2.42. The van der Waals surface area contributed by atoms with E-state index in [1.807, 2.05) is 16.3 Å². The number of ether oxygens (including phenoxy) is 1. The first-order valence-electron chi connectivity index (χ1n) is 8.01. The fraction of sp³-hybridized carbons (Fsp3) is 0.857. The number of aromatic nitrogens is 3. The van der Waals surface area contributed by atoms with Gasteiger partial charge in [0.1, 0.15) is 5.82 Å². The maximum Gasteiger partial charge on any atom is 0.198 e. The second-order valence-electron chi connectivity index (χ2n) is 6.63. The van der Waals surface area contributed by atoms with Crippen LogP contribution in [0.15, 0.2) is 0 Å². The van der Waals surface area contributed by atoms with Crippen molar-refractivity contribution in [3.63, 3.8) is 0 Å². The van der Waals surface area contributed by atoms with E-state index in [1.165, 1.54) is 0 Å². The van der Waals surface area contributed by atoms with Crippen molar-refractivity contribution in [3.05, 3.63) is 10.6 Å². The first-order valence-corrected chi connectivity index (χ1v) is 10.2. The van der Waals surface area contributed by atoms with Crippen LogP contribution in [0.5, 0.6) is 0 Å². The third kappa shape index (κ3) is 4.01. The molecule has 0 aromatic carbocycles. The number of rotatable bonds is 4. The maximum atomic E-state index is 11.6. The minimum Gasteiger partial charge on any atom is -0.376 e. The summed E-state index contributed by atoms with van der Waals surface area (Å²) in [5.41, 5.74) is 0. The van der Waals surface area contributed by atoms with Crippen LogP contribution in [0.2, 0.25) is 0 Å². The van der Waals surface area contributed by atoms with Crippen molar-refractivity contribution >= 4 is 22.1 Å². The Hall–Kier alpha value is -0.770. The van der Waals surface area contributed by atoms with Crippen LogP contribution in [-0.4, -0.2) is 65.0 Å². The number of nitrogens with zero attached hydrogens (tertiary/aromatic N) is 4. The monoisotopic (exact) mass is 360 g/mol. The van der Waals surface area contributed by atoms with Crippen LogP contribution in [0.25, 0.3) is 0 Å². The molecule has 0 unspecified atom stereocenters. The largest absolute Gasteiger partial charge is 0.376 e. The zero-order valence-corrected chi connectivity index (χ0v) is 15.3. The Morgan fingerprint density at radius 1 is 1.43 bits per heavy atom. The number of hydrogen-bond donors (Lipinski definition) is 0. The summed E-state index contributed by atoms with van der Waals surface area (Å²) in [5, 5.41) is 4.64. The molecule has 2 atom stereocenters. The third-order valence-corrected chi connectivity index (χ3v) is 6.91. The lowest BCUT2D eigenvalue weighted by atomic mass is 10.1. The molecule has 2 aliphatic heterocycles. The van der Waals surface area contributed by atoms with E-state index < -0.39 is 9.84 Å². The van der Waals surface area contributed by atoms with E-state index in [-0.39, 0.29) is 17.8 Å². The molecule has 23 heavy (non-hydrogen) atoms. The molecule has 7 nitrogen and oxygen atoms in total. The highest BCUT2D eigenvalue weighted by molar-refractivity contribution is 7.91. The molecule has 1 aromatic rings. The minimum absolute atomic E-state index is 0.160. The summed E-state index contributed by atoms with van der Waals surface area (Å²) in [6, 6.07) is 0. The Bertz CT molecular complexity index is 725. The molecule has 0 aliphatic carbocycles. The Labute approximate surface area is 142 Å². The lowest BCUT2D eigenvalue weighted by Gasteiger charge is -2.30. The van der Waals surface area contributed by atoms with Gasteiger partial charge in [-0.3, -0.25) is 4.90 Å².